The van der Waals surface area contributed by atoms with Gasteiger partial charge in [0.2, 0.25) is 5.12 Å². The highest BCUT2D eigenvalue weighted by Gasteiger charge is 2.26. The van der Waals surface area contributed by atoms with Gasteiger partial charge in [0, 0.05) is 11.8 Å². The summed E-state index contributed by atoms with van der Waals surface area (Å²) in [4.78, 5) is 37.0. The minimum absolute atomic E-state index is 0.137. The third-order valence-corrected chi connectivity index (χ3v) is 5.24. The number of thioether (sulfide) groups is 1. The summed E-state index contributed by atoms with van der Waals surface area (Å²) >= 11 is 0.642. The molecule has 0 atom stereocenters. The average Bonchev–Trinajstić information content (AvgIpc) is 3.07. The van der Waals surface area contributed by atoms with Crippen molar-refractivity contribution in [2.75, 3.05) is 27.0 Å². The highest BCUT2D eigenvalue weighted by molar-refractivity contribution is 8.27. The van der Waals surface area contributed by atoms with Crippen molar-refractivity contribution in [3.8, 4) is 17.2 Å². The van der Waals surface area contributed by atoms with E-state index in [4.69, 9.17) is 14.2 Å². The molecule has 1 fully saturated rings. The summed E-state index contributed by atoms with van der Waals surface area (Å²) in [7, 11) is 1.55. The number of hydrogen-bond acceptors (Lipinski definition) is 7. The van der Waals surface area contributed by atoms with Crippen LogP contribution in [-0.4, -0.2) is 48.2 Å². The smallest absolute Gasteiger partial charge is 0.291 e. The fourth-order valence-electron chi connectivity index (χ4n) is 2.99. The lowest BCUT2D eigenvalue weighted by Crippen LogP contribution is -2.41. The number of carbonyl (C=O) groups excluding carboxylic acids is 3. The Kier molecular flexibility index (Phi) is 5.62. The first kappa shape index (κ1) is 19.8. The molecule has 8 nitrogen and oxygen atoms in total. The van der Waals surface area contributed by atoms with Crippen LogP contribution in [0.15, 0.2) is 48.2 Å². The van der Waals surface area contributed by atoms with Crippen molar-refractivity contribution in [1.82, 2.24) is 10.2 Å². The van der Waals surface area contributed by atoms with Crippen LogP contribution < -0.4 is 19.5 Å². The molecule has 2 heterocycles. The number of carbonyl (C=O) groups is 3. The predicted octanol–water partition coefficient (Wildman–Crippen LogP) is 2.89. The predicted molar refractivity (Wildman–Crippen MR) is 111 cm³/mol. The fraction of sp³-hybridized carbons (Fsp3) is 0.190. The number of amides is 2. The molecule has 0 aromatic heterocycles. The van der Waals surface area contributed by atoms with E-state index < -0.39 is 0 Å². The summed E-state index contributed by atoms with van der Waals surface area (Å²) in [6.45, 7) is 0.810. The van der Waals surface area contributed by atoms with Gasteiger partial charge in [-0.2, -0.15) is 0 Å². The lowest BCUT2D eigenvalue weighted by atomic mass is 10.1. The zero-order valence-electron chi connectivity index (χ0n) is 16.0. The van der Waals surface area contributed by atoms with Crippen LogP contribution in [0.5, 0.6) is 17.2 Å². The number of methoxy groups -OCH3 is 1. The van der Waals surface area contributed by atoms with E-state index in [0.29, 0.717) is 47.7 Å². The third kappa shape index (κ3) is 4.25. The molecule has 9 heteroatoms. The molecule has 2 amide bonds. The van der Waals surface area contributed by atoms with Gasteiger partial charge in [-0.1, -0.05) is 12.1 Å². The van der Waals surface area contributed by atoms with E-state index in [2.05, 4.69) is 5.32 Å². The van der Waals surface area contributed by atoms with Crippen molar-refractivity contribution in [3.05, 3.63) is 59.3 Å². The standard InChI is InChI=1S/C21H18N2O6S/c1-27-15-6-7-18-16(11-15)19(24)23(12-29-18)8-9-28-14-4-2-13(3-5-14)10-17-20(25)30-21(26)22-17/h2-7,10-11H,8-9,12H2,1H3,(H,22,26). The minimum Gasteiger partial charge on any atom is -0.497 e. The van der Waals surface area contributed by atoms with Gasteiger partial charge in [-0.25, -0.2) is 0 Å². The summed E-state index contributed by atoms with van der Waals surface area (Å²) < 4.78 is 16.5. The van der Waals surface area contributed by atoms with Crippen molar-refractivity contribution < 1.29 is 28.6 Å². The Bertz CT molecular complexity index is 1030. The second-order valence-electron chi connectivity index (χ2n) is 6.48. The van der Waals surface area contributed by atoms with Crippen LogP contribution in [0.3, 0.4) is 0 Å². The molecule has 0 radical (unpaired) electrons. The Morgan fingerprint density at radius 2 is 1.90 bits per heavy atom. The summed E-state index contributed by atoms with van der Waals surface area (Å²) in [6, 6.07) is 12.2. The first-order valence-electron chi connectivity index (χ1n) is 9.11. The molecule has 154 valence electrons. The van der Waals surface area contributed by atoms with Crippen LogP contribution in [0.4, 0.5) is 4.79 Å². The van der Waals surface area contributed by atoms with E-state index >= 15 is 0 Å². The Morgan fingerprint density at radius 3 is 2.60 bits per heavy atom. The Morgan fingerprint density at radius 1 is 1.13 bits per heavy atom. The van der Waals surface area contributed by atoms with E-state index in [1.807, 2.05) is 0 Å². The van der Waals surface area contributed by atoms with Crippen molar-refractivity contribution in [1.29, 1.82) is 0 Å². The summed E-state index contributed by atoms with van der Waals surface area (Å²) in [5.41, 5.74) is 1.49. The third-order valence-electron chi connectivity index (χ3n) is 4.54. The average molecular weight is 426 g/mol. The van der Waals surface area contributed by atoms with Crippen LogP contribution in [0, 0.1) is 0 Å². The molecular weight excluding hydrogens is 408 g/mol. The first-order valence-corrected chi connectivity index (χ1v) is 9.93. The van der Waals surface area contributed by atoms with E-state index in [1.54, 1.807) is 60.6 Å². The van der Waals surface area contributed by atoms with Gasteiger partial charge in [-0.3, -0.25) is 14.4 Å². The van der Waals surface area contributed by atoms with Gasteiger partial charge >= 0.3 is 0 Å². The highest BCUT2D eigenvalue weighted by atomic mass is 32.2. The van der Waals surface area contributed by atoms with Gasteiger partial charge in [0.25, 0.3) is 11.1 Å². The quantitative estimate of drug-likeness (QED) is 0.710. The van der Waals surface area contributed by atoms with Gasteiger partial charge in [0.1, 0.15) is 23.9 Å². The molecule has 0 bridgehead atoms. The molecule has 2 aromatic carbocycles. The molecule has 0 saturated carbocycles. The van der Waals surface area contributed by atoms with Crippen LogP contribution in [0.2, 0.25) is 0 Å². The molecule has 0 spiro atoms. The van der Waals surface area contributed by atoms with Crippen molar-refractivity contribution in [2.45, 2.75) is 0 Å². The SMILES string of the molecule is COc1ccc2c(c1)C(=O)N(CCOc1ccc(C=C3NC(=O)SC3=O)cc1)CO2. The number of hydrogen-bond donors (Lipinski definition) is 1. The van der Waals surface area contributed by atoms with E-state index in [9.17, 15) is 14.4 Å². The first-order chi connectivity index (χ1) is 14.5. The van der Waals surface area contributed by atoms with Crippen molar-refractivity contribution >= 4 is 34.1 Å². The van der Waals surface area contributed by atoms with Gasteiger partial charge < -0.3 is 24.4 Å². The molecule has 1 N–H and O–H groups in total. The number of nitrogens with zero attached hydrogens (tertiary/aromatic N) is 1. The molecule has 4 rings (SSSR count). The maximum absolute atomic E-state index is 12.7. The molecule has 2 aliphatic heterocycles. The Labute approximate surface area is 176 Å². The summed E-state index contributed by atoms with van der Waals surface area (Å²) in [5, 5.41) is 1.83. The van der Waals surface area contributed by atoms with Crippen LogP contribution in [-0.2, 0) is 4.79 Å². The number of fused-ring (bicyclic) bond motifs is 1. The molecule has 30 heavy (non-hydrogen) atoms. The number of ether oxygens (including phenoxy) is 3. The fourth-order valence-corrected chi connectivity index (χ4v) is 3.54. The number of benzene rings is 2. The van der Waals surface area contributed by atoms with Crippen LogP contribution in [0.1, 0.15) is 15.9 Å². The van der Waals surface area contributed by atoms with Gasteiger partial charge in [-0.05, 0) is 42.0 Å². The van der Waals surface area contributed by atoms with Crippen LogP contribution >= 0.6 is 11.8 Å². The van der Waals surface area contributed by atoms with Gasteiger partial charge in [0.05, 0.1) is 24.9 Å². The van der Waals surface area contributed by atoms with Crippen molar-refractivity contribution in [3.63, 3.8) is 0 Å². The number of nitrogens with one attached hydrogen (secondary N) is 1. The normalized spacial score (nSPS) is 16.9. The van der Waals surface area contributed by atoms with Crippen molar-refractivity contribution in [2.24, 2.45) is 0 Å². The largest absolute Gasteiger partial charge is 0.497 e. The van der Waals surface area contributed by atoms with E-state index in [-0.39, 0.29) is 28.7 Å². The highest BCUT2D eigenvalue weighted by Crippen LogP contribution is 2.28. The number of rotatable bonds is 6. The second kappa shape index (κ2) is 8.50. The topological polar surface area (TPSA) is 94.2 Å². The Hall–Kier alpha value is -3.46. The lowest BCUT2D eigenvalue weighted by Gasteiger charge is -2.28. The molecule has 0 aliphatic carbocycles. The summed E-state index contributed by atoms with van der Waals surface area (Å²) in [6.07, 6.45) is 1.61. The molecule has 2 aromatic rings. The Balaban J connectivity index is 1.32. The zero-order valence-corrected chi connectivity index (χ0v) is 16.9. The monoisotopic (exact) mass is 426 g/mol. The van der Waals surface area contributed by atoms with Gasteiger partial charge in [0.15, 0.2) is 6.73 Å². The van der Waals surface area contributed by atoms with E-state index in [1.165, 1.54) is 0 Å². The minimum atomic E-state index is -0.372. The summed E-state index contributed by atoms with van der Waals surface area (Å²) in [5.74, 6) is 1.62. The maximum atomic E-state index is 12.7. The molecule has 2 aliphatic rings. The second-order valence-corrected chi connectivity index (χ2v) is 7.43. The molecule has 1 saturated heterocycles. The lowest BCUT2D eigenvalue weighted by molar-refractivity contribution is -0.107. The zero-order chi connectivity index (χ0) is 21.1. The van der Waals surface area contributed by atoms with E-state index in [0.717, 1.165) is 5.56 Å². The van der Waals surface area contributed by atoms with Gasteiger partial charge in [-0.15, -0.1) is 0 Å². The van der Waals surface area contributed by atoms with Crippen LogP contribution in [0.25, 0.3) is 6.08 Å². The molecular formula is C21H18N2O6S. The maximum Gasteiger partial charge on any atom is 0.291 e. The molecule has 0 unspecified atom stereocenters.